The fourth-order valence-electron chi connectivity index (χ4n) is 0.181. The normalized spacial score (nSPS) is 15.1. The summed E-state index contributed by atoms with van der Waals surface area (Å²) in [6.45, 7) is 4.52. The highest BCUT2D eigenvalue weighted by Gasteiger charge is 2.28. The highest BCUT2D eigenvalue weighted by molar-refractivity contribution is 5.79. The molecule has 0 aromatic carbocycles. The average molecular weight is 125 g/mol. The lowest BCUT2D eigenvalue weighted by molar-refractivity contribution is -0.142. The monoisotopic (exact) mass is 125 g/mol. The third kappa shape index (κ3) is 1.29. The molecule has 0 radical (unpaired) electrons. The third-order valence-corrected chi connectivity index (χ3v) is 1.08. The van der Waals surface area contributed by atoms with E-state index in [-0.39, 0.29) is 0 Å². The Bertz CT molecular complexity index is 180. The maximum Gasteiger partial charge on any atom is 0.327 e. The van der Waals surface area contributed by atoms with Crippen LogP contribution in [0.15, 0.2) is 12.7 Å². The Balaban J connectivity index is 4.53. The van der Waals surface area contributed by atoms with Gasteiger partial charge >= 0.3 is 5.97 Å². The van der Waals surface area contributed by atoms with Crippen LogP contribution in [0.5, 0.6) is 0 Å². The van der Waals surface area contributed by atoms with E-state index in [1.165, 1.54) is 6.92 Å². The van der Waals surface area contributed by atoms with Gasteiger partial charge in [-0.15, -0.1) is 6.58 Å². The zero-order valence-corrected chi connectivity index (χ0v) is 5.09. The second-order valence-electron chi connectivity index (χ2n) is 1.82. The summed E-state index contributed by atoms with van der Waals surface area (Å²) in [5.41, 5.74) is -1.43. The molecule has 0 aliphatic rings. The summed E-state index contributed by atoms with van der Waals surface area (Å²) < 4.78 is 0. The van der Waals surface area contributed by atoms with E-state index in [1.54, 1.807) is 6.07 Å². The van der Waals surface area contributed by atoms with Crippen molar-refractivity contribution >= 4 is 5.97 Å². The molecule has 48 valence electrons. The number of aliphatic carboxylic acids is 1. The molecule has 0 fully saturated rings. The number of carboxylic acid groups (broad SMARTS) is 1. The lowest BCUT2D eigenvalue weighted by atomic mass is 9.94. The zero-order chi connectivity index (χ0) is 7.49. The van der Waals surface area contributed by atoms with Gasteiger partial charge in [0.25, 0.3) is 0 Å². The van der Waals surface area contributed by atoms with Gasteiger partial charge < -0.3 is 5.11 Å². The molecular formula is C6H7NO2. The molecule has 0 saturated heterocycles. The summed E-state index contributed by atoms with van der Waals surface area (Å²) in [6, 6.07) is 1.61. The van der Waals surface area contributed by atoms with Gasteiger partial charge in [0.05, 0.1) is 6.07 Å². The highest BCUT2D eigenvalue weighted by atomic mass is 16.4. The van der Waals surface area contributed by atoms with Gasteiger partial charge in [0.1, 0.15) is 0 Å². The molecule has 0 bridgehead atoms. The van der Waals surface area contributed by atoms with Crippen molar-refractivity contribution in [3.05, 3.63) is 12.7 Å². The number of nitriles is 1. The SMILES string of the molecule is C=C[C@@](C)(C#N)C(=O)O. The van der Waals surface area contributed by atoms with E-state index >= 15 is 0 Å². The van der Waals surface area contributed by atoms with Gasteiger partial charge in [-0.05, 0) is 6.92 Å². The van der Waals surface area contributed by atoms with Crippen LogP contribution in [0.1, 0.15) is 6.92 Å². The topological polar surface area (TPSA) is 61.1 Å². The molecule has 0 saturated carbocycles. The van der Waals surface area contributed by atoms with Gasteiger partial charge in [0.15, 0.2) is 5.41 Å². The first-order valence-corrected chi connectivity index (χ1v) is 2.35. The number of carboxylic acids is 1. The van der Waals surface area contributed by atoms with Crippen LogP contribution < -0.4 is 0 Å². The first kappa shape index (κ1) is 7.70. The number of hydrogen-bond donors (Lipinski definition) is 1. The van der Waals surface area contributed by atoms with Crippen LogP contribution in [-0.2, 0) is 4.79 Å². The maximum atomic E-state index is 10.2. The largest absolute Gasteiger partial charge is 0.480 e. The van der Waals surface area contributed by atoms with Crippen molar-refractivity contribution in [1.82, 2.24) is 0 Å². The lowest BCUT2D eigenvalue weighted by Crippen LogP contribution is -2.22. The zero-order valence-electron chi connectivity index (χ0n) is 5.09. The van der Waals surface area contributed by atoms with Crippen LogP contribution in [-0.4, -0.2) is 11.1 Å². The number of rotatable bonds is 2. The molecule has 1 atom stereocenters. The van der Waals surface area contributed by atoms with Gasteiger partial charge in [0.2, 0.25) is 0 Å². The second-order valence-corrected chi connectivity index (χ2v) is 1.82. The third-order valence-electron chi connectivity index (χ3n) is 1.08. The van der Waals surface area contributed by atoms with Gasteiger partial charge in [-0.2, -0.15) is 5.26 Å². The van der Waals surface area contributed by atoms with Gasteiger partial charge in [-0.3, -0.25) is 4.79 Å². The van der Waals surface area contributed by atoms with Crippen molar-refractivity contribution in [2.45, 2.75) is 6.92 Å². The van der Waals surface area contributed by atoms with Crippen LogP contribution in [0, 0.1) is 16.7 Å². The Labute approximate surface area is 53.2 Å². The standard InChI is InChI=1S/C6H7NO2/c1-3-6(2,4-7)5(8)9/h3H,1H2,2H3,(H,8,9)/t6-/m0/s1. The van der Waals surface area contributed by atoms with Crippen LogP contribution in [0.4, 0.5) is 0 Å². The quantitative estimate of drug-likeness (QED) is 0.555. The Morgan fingerprint density at radius 3 is 2.44 bits per heavy atom. The van der Waals surface area contributed by atoms with Crippen LogP contribution >= 0.6 is 0 Å². The second kappa shape index (κ2) is 2.31. The molecule has 1 N–H and O–H groups in total. The predicted octanol–water partition coefficient (Wildman–Crippen LogP) is 0.787. The van der Waals surface area contributed by atoms with Crippen molar-refractivity contribution in [2.24, 2.45) is 5.41 Å². The first-order valence-electron chi connectivity index (χ1n) is 2.35. The maximum absolute atomic E-state index is 10.2. The Morgan fingerprint density at radius 2 is 2.44 bits per heavy atom. The van der Waals surface area contributed by atoms with E-state index in [1.807, 2.05) is 0 Å². The summed E-state index contributed by atoms with van der Waals surface area (Å²) in [5, 5.41) is 16.6. The lowest BCUT2D eigenvalue weighted by Gasteiger charge is -2.07. The van der Waals surface area contributed by atoms with E-state index in [9.17, 15) is 4.79 Å². The minimum atomic E-state index is -1.43. The molecule has 0 spiro atoms. The fraction of sp³-hybridized carbons (Fsp3) is 0.333. The first-order chi connectivity index (χ1) is 4.06. The molecule has 0 aliphatic heterocycles. The summed E-state index contributed by atoms with van der Waals surface area (Å²) >= 11 is 0. The van der Waals surface area contributed by atoms with Gasteiger partial charge in [-0.25, -0.2) is 0 Å². The highest BCUT2D eigenvalue weighted by Crippen LogP contribution is 2.14. The summed E-state index contributed by atoms with van der Waals surface area (Å²) in [5.74, 6) is -1.17. The molecule has 0 rings (SSSR count). The molecule has 0 aromatic heterocycles. The summed E-state index contributed by atoms with van der Waals surface area (Å²) in [4.78, 5) is 10.2. The molecule has 3 heteroatoms. The fourth-order valence-corrected chi connectivity index (χ4v) is 0.181. The van der Waals surface area contributed by atoms with Gasteiger partial charge in [-0.1, -0.05) is 6.08 Å². The molecule has 0 aromatic rings. The van der Waals surface area contributed by atoms with Crippen LogP contribution in [0.2, 0.25) is 0 Å². The van der Waals surface area contributed by atoms with E-state index in [0.29, 0.717) is 0 Å². The molecule has 0 unspecified atom stereocenters. The smallest absolute Gasteiger partial charge is 0.327 e. The molecular weight excluding hydrogens is 118 g/mol. The van der Waals surface area contributed by atoms with Crippen molar-refractivity contribution in [1.29, 1.82) is 5.26 Å². The van der Waals surface area contributed by atoms with E-state index in [0.717, 1.165) is 6.08 Å². The Hall–Kier alpha value is -1.30. The summed E-state index contributed by atoms with van der Waals surface area (Å²) in [6.07, 6.45) is 1.11. The summed E-state index contributed by atoms with van der Waals surface area (Å²) in [7, 11) is 0. The van der Waals surface area contributed by atoms with Crippen molar-refractivity contribution in [3.8, 4) is 6.07 Å². The van der Waals surface area contributed by atoms with E-state index in [2.05, 4.69) is 6.58 Å². The number of nitrogens with zero attached hydrogens (tertiary/aromatic N) is 1. The average Bonchev–Trinajstić information content (AvgIpc) is 1.86. The molecule has 0 amide bonds. The van der Waals surface area contributed by atoms with Gasteiger partial charge in [0, 0.05) is 0 Å². The molecule has 0 aliphatic carbocycles. The van der Waals surface area contributed by atoms with E-state index < -0.39 is 11.4 Å². The van der Waals surface area contributed by atoms with E-state index in [4.69, 9.17) is 10.4 Å². The molecule has 0 heterocycles. The minimum absolute atomic E-state index is 1.11. The van der Waals surface area contributed by atoms with Crippen LogP contribution in [0.25, 0.3) is 0 Å². The van der Waals surface area contributed by atoms with Crippen LogP contribution in [0.3, 0.4) is 0 Å². The Morgan fingerprint density at radius 1 is 2.00 bits per heavy atom. The van der Waals surface area contributed by atoms with Crippen molar-refractivity contribution in [3.63, 3.8) is 0 Å². The molecule has 9 heavy (non-hydrogen) atoms. The van der Waals surface area contributed by atoms with Crippen molar-refractivity contribution in [2.75, 3.05) is 0 Å². The van der Waals surface area contributed by atoms with Crippen molar-refractivity contribution < 1.29 is 9.90 Å². The molecule has 3 nitrogen and oxygen atoms in total. The predicted molar refractivity (Wildman–Crippen MR) is 31.6 cm³/mol. The Kier molecular flexibility index (Phi) is 1.98. The number of carbonyl (C=O) groups is 1. The minimum Gasteiger partial charge on any atom is -0.480 e. The number of hydrogen-bond acceptors (Lipinski definition) is 2.